The third kappa shape index (κ3) is 4.23. The lowest BCUT2D eigenvalue weighted by atomic mass is 9.39. The third-order valence-electron chi connectivity index (χ3n) is 11.9. The van der Waals surface area contributed by atoms with Gasteiger partial charge in [0.05, 0.1) is 16.1 Å². The molecule has 0 aromatic carbocycles. The van der Waals surface area contributed by atoms with Crippen molar-refractivity contribution in [1.82, 2.24) is 0 Å². The molecular formula is C32H47IO4. The minimum absolute atomic E-state index is 0.0274. The SMILES string of the molecule is COC(=O)[C@]12CCC(C)(C)CC1C[C@](C)([C@]1(C)CC[C@H]3C(C)(C)C(=O)C(I)=C[C@]3(C)/C1=C/C(C)=O)CC2. The maximum Gasteiger partial charge on any atom is 0.312 e. The molecule has 4 aliphatic rings. The summed E-state index contributed by atoms with van der Waals surface area (Å²) >= 11 is 2.21. The number of halogens is 1. The molecule has 3 saturated carbocycles. The number of ether oxygens (including phenoxy) is 1. The summed E-state index contributed by atoms with van der Waals surface area (Å²) in [5.74, 6) is 0.685. The van der Waals surface area contributed by atoms with Crippen LogP contribution in [0.2, 0.25) is 0 Å². The minimum Gasteiger partial charge on any atom is -0.469 e. The van der Waals surface area contributed by atoms with Crippen LogP contribution in [-0.2, 0) is 19.1 Å². The van der Waals surface area contributed by atoms with E-state index in [1.165, 1.54) is 5.57 Å². The molecule has 0 aromatic rings. The first-order chi connectivity index (χ1) is 16.9. The second-order valence-electron chi connectivity index (χ2n) is 14.9. The van der Waals surface area contributed by atoms with Crippen LogP contribution in [0.25, 0.3) is 0 Å². The molecule has 0 radical (unpaired) electrons. The topological polar surface area (TPSA) is 60.4 Å². The first-order valence-corrected chi connectivity index (χ1v) is 15.2. The zero-order chi connectivity index (χ0) is 27.8. The maximum atomic E-state index is 13.3. The highest BCUT2D eigenvalue weighted by atomic mass is 127. The Bertz CT molecular complexity index is 1080. The predicted octanol–water partition coefficient (Wildman–Crippen LogP) is 8.03. The van der Waals surface area contributed by atoms with Gasteiger partial charge in [0.2, 0.25) is 0 Å². The monoisotopic (exact) mass is 622 g/mol. The van der Waals surface area contributed by atoms with Gasteiger partial charge in [-0.25, -0.2) is 0 Å². The highest BCUT2D eigenvalue weighted by Crippen LogP contribution is 2.71. The fourth-order valence-electron chi connectivity index (χ4n) is 9.42. The van der Waals surface area contributed by atoms with Crippen molar-refractivity contribution in [3.8, 4) is 0 Å². The first-order valence-electron chi connectivity index (χ1n) is 14.1. The summed E-state index contributed by atoms with van der Waals surface area (Å²) < 4.78 is 6.21. The normalized spacial score (nSPS) is 43.9. The van der Waals surface area contributed by atoms with Gasteiger partial charge in [-0.05, 0) is 115 Å². The molecule has 0 spiro atoms. The summed E-state index contributed by atoms with van der Waals surface area (Å²) in [6.45, 7) is 17.6. The molecule has 0 aromatic heterocycles. The van der Waals surface area contributed by atoms with Gasteiger partial charge in [0, 0.05) is 10.8 Å². The fraction of sp³-hybridized carbons (Fsp3) is 0.781. The van der Waals surface area contributed by atoms with Crippen LogP contribution in [0.1, 0.15) is 107 Å². The fourth-order valence-corrected chi connectivity index (χ4v) is 10.8. The first kappa shape index (κ1) is 29.0. The van der Waals surface area contributed by atoms with E-state index in [1.807, 2.05) is 6.08 Å². The van der Waals surface area contributed by atoms with Gasteiger partial charge >= 0.3 is 5.97 Å². The van der Waals surface area contributed by atoms with E-state index in [9.17, 15) is 14.4 Å². The zero-order valence-corrected chi connectivity index (χ0v) is 26.6. The van der Waals surface area contributed by atoms with Crippen LogP contribution in [0, 0.1) is 44.3 Å². The van der Waals surface area contributed by atoms with Gasteiger partial charge in [-0.3, -0.25) is 14.4 Å². The Morgan fingerprint density at radius 1 is 0.973 bits per heavy atom. The van der Waals surface area contributed by atoms with Crippen molar-refractivity contribution in [1.29, 1.82) is 0 Å². The van der Waals surface area contributed by atoms with Crippen molar-refractivity contribution >= 4 is 40.1 Å². The molecule has 0 bridgehead atoms. The van der Waals surface area contributed by atoms with E-state index in [0.717, 1.165) is 54.9 Å². The third-order valence-corrected chi connectivity index (χ3v) is 12.7. The summed E-state index contributed by atoms with van der Waals surface area (Å²) in [7, 11) is 1.54. The van der Waals surface area contributed by atoms with Gasteiger partial charge in [0.1, 0.15) is 0 Å². The van der Waals surface area contributed by atoms with Crippen molar-refractivity contribution in [3.63, 3.8) is 0 Å². The molecule has 37 heavy (non-hydrogen) atoms. The van der Waals surface area contributed by atoms with Gasteiger partial charge in [-0.15, -0.1) is 0 Å². The van der Waals surface area contributed by atoms with Gasteiger partial charge in [-0.2, -0.15) is 0 Å². The molecular weight excluding hydrogens is 575 g/mol. The Hall–Kier alpha value is -0.980. The van der Waals surface area contributed by atoms with Crippen LogP contribution >= 0.6 is 22.6 Å². The number of hydrogen-bond acceptors (Lipinski definition) is 4. The van der Waals surface area contributed by atoms with Gasteiger partial charge in [0.15, 0.2) is 11.6 Å². The Kier molecular flexibility index (Phi) is 7.08. The molecule has 0 saturated heterocycles. The summed E-state index contributed by atoms with van der Waals surface area (Å²) in [5.41, 5.74) is -0.103. The van der Waals surface area contributed by atoms with Crippen LogP contribution in [0.4, 0.5) is 0 Å². The van der Waals surface area contributed by atoms with Gasteiger partial charge in [-0.1, -0.05) is 60.1 Å². The molecule has 4 aliphatic carbocycles. The van der Waals surface area contributed by atoms with Crippen LogP contribution in [-0.4, -0.2) is 24.6 Å². The lowest BCUT2D eigenvalue weighted by Crippen LogP contribution is -2.59. The largest absolute Gasteiger partial charge is 0.469 e. The van der Waals surface area contributed by atoms with E-state index in [2.05, 4.69) is 77.1 Å². The Morgan fingerprint density at radius 2 is 1.59 bits per heavy atom. The number of allylic oxidation sites excluding steroid dienone is 4. The van der Waals surface area contributed by atoms with Crippen LogP contribution < -0.4 is 0 Å². The van der Waals surface area contributed by atoms with Crippen LogP contribution in [0.5, 0.6) is 0 Å². The lowest BCUT2D eigenvalue weighted by Gasteiger charge is -2.65. The number of carbonyl (C=O) groups excluding carboxylic acids is 3. The summed E-state index contributed by atoms with van der Waals surface area (Å²) in [6.07, 6.45) is 11.7. The molecule has 0 amide bonds. The van der Waals surface area contributed by atoms with E-state index in [1.54, 1.807) is 14.0 Å². The lowest BCUT2D eigenvalue weighted by molar-refractivity contribution is -0.174. The van der Waals surface area contributed by atoms with Crippen molar-refractivity contribution in [2.24, 2.45) is 44.3 Å². The van der Waals surface area contributed by atoms with E-state index in [-0.39, 0.29) is 56.4 Å². The van der Waals surface area contributed by atoms with Crippen molar-refractivity contribution in [3.05, 3.63) is 21.3 Å². The van der Waals surface area contributed by atoms with E-state index in [4.69, 9.17) is 4.74 Å². The van der Waals surface area contributed by atoms with E-state index < -0.39 is 5.41 Å². The van der Waals surface area contributed by atoms with Crippen molar-refractivity contribution < 1.29 is 19.1 Å². The molecule has 4 nitrogen and oxygen atoms in total. The molecule has 6 atom stereocenters. The van der Waals surface area contributed by atoms with Crippen molar-refractivity contribution in [2.45, 2.75) is 107 Å². The molecule has 1 unspecified atom stereocenters. The summed E-state index contributed by atoms with van der Waals surface area (Å²) in [4.78, 5) is 39.3. The molecule has 5 heteroatoms. The Labute approximate surface area is 238 Å². The zero-order valence-electron chi connectivity index (χ0n) is 24.5. The minimum atomic E-state index is -0.474. The van der Waals surface area contributed by atoms with Crippen LogP contribution in [0.3, 0.4) is 0 Å². The number of fused-ring (bicyclic) bond motifs is 2. The number of methoxy groups -OCH3 is 1. The van der Waals surface area contributed by atoms with Crippen LogP contribution in [0.15, 0.2) is 21.3 Å². The molecule has 3 fully saturated rings. The maximum absolute atomic E-state index is 13.3. The van der Waals surface area contributed by atoms with Gasteiger partial charge in [0.25, 0.3) is 0 Å². The number of hydrogen-bond donors (Lipinski definition) is 0. The number of ketones is 2. The van der Waals surface area contributed by atoms with Crippen molar-refractivity contribution in [2.75, 3.05) is 7.11 Å². The standard InChI is InChI=1S/C32H47IO4/c1-20(34)16-24-30(7)19-22(33)25(35)28(4,5)23(30)10-11-31(24,8)29(6)13-15-32(26(36)37-9)14-12-27(2,3)17-21(32)18-29/h16,19,21,23H,10-15,17-18H2,1-9H3/b24-16-/t21?,23-,29+,30-,31+,32-/m0/s1. The Balaban J connectivity index is 1.83. The van der Waals surface area contributed by atoms with E-state index >= 15 is 0 Å². The second kappa shape index (κ2) is 9.02. The second-order valence-corrected chi connectivity index (χ2v) is 16.1. The highest BCUT2D eigenvalue weighted by molar-refractivity contribution is 14.1. The molecule has 4 rings (SSSR count). The quantitative estimate of drug-likeness (QED) is 0.182. The smallest absolute Gasteiger partial charge is 0.312 e. The average Bonchev–Trinajstić information content (AvgIpc) is 2.79. The Morgan fingerprint density at radius 3 is 2.19 bits per heavy atom. The molecule has 0 N–H and O–H groups in total. The number of esters is 1. The van der Waals surface area contributed by atoms with Gasteiger partial charge < -0.3 is 4.74 Å². The highest BCUT2D eigenvalue weighted by Gasteiger charge is 2.65. The molecule has 0 aliphatic heterocycles. The summed E-state index contributed by atoms with van der Waals surface area (Å²) in [5, 5.41) is 0. The molecule has 206 valence electrons. The number of rotatable bonds is 3. The van der Waals surface area contributed by atoms with E-state index in [0.29, 0.717) is 0 Å². The number of Topliss-reactive ketones (excluding diaryl/α,β-unsaturated/α-hetero) is 1. The number of carbonyl (C=O) groups is 3. The predicted molar refractivity (Wildman–Crippen MR) is 156 cm³/mol. The average molecular weight is 623 g/mol. The molecule has 0 heterocycles. The summed E-state index contributed by atoms with van der Waals surface area (Å²) in [6, 6.07) is 0.